The Balaban J connectivity index is 2.02. The summed E-state index contributed by atoms with van der Waals surface area (Å²) in [6.45, 7) is 0.689. The standard InChI is InChI=1S/C13H14N2O/c14-11-4-1-3-10(7-11)9-15-12-5-2-6-13(16)8-12/h1-8,15-16H,9,14H2. The Bertz CT molecular complexity index is 437. The number of phenols is 1. The molecule has 0 aliphatic rings. The fourth-order valence-corrected chi connectivity index (χ4v) is 1.52. The van der Waals surface area contributed by atoms with Crippen molar-refractivity contribution in [3.8, 4) is 5.75 Å². The summed E-state index contributed by atoms with van der Waals surface area (Å²) < 4.78 is 0. The van der Waals surface area contributed by atoms with Crippen LogP contribution in [0.15, 0.2) is 48.5 Å². The minimum absolute atomic E-state index is 0.262. The summed E-state index contributed by atoms with van der Waals surface area (Å²) in [5.41, 5.74) is 8.45. The Labute approximate surface area is 94.5 Å². The van der Waals surface area contributed by atoms with Gasteiger partial charge in [-0.05, 0) is 29.8 Å². The van der Waals surface area contributed by atoms with Gasteiger partial charge in [0.25, 0.3) is 0 Å². The van der Waals surface area contributed by atoms with Crippen LogP contribution >= 0.6 is 0 Å². The number of anilines is 2. The zero-order valence-corrected chi connectivity index (χ0v) is 8.85. The number of nitrogens with one attached hydrogen (secondary N) is 1. The lowest BCUT2D eigenvalue weighted by Crippen LogP contribution is -1.99. The van der Waals surface area contributed by atoms with E-state index in [1.165, 1.54) is 0 Å². The van der Waals surface area contributed by atoms with E-state index in [-0.39, 0.29) is 5.75 Å². The molecule has 0 saturated carbocycles. The summed E-state index contributed by atoms with van der Waals surface area (Å²) in [5.74, 6) is 0.262. The Kier molecular flexibility index (Phi) is 2.96. The first-order valence-electron chi connectivity index (χ1n) is 5.11. The fourth-order valence-electron chi connectivity index (χ4n) is 1.52. The quantitative estimate of drug-likeness (QED) is 0.688. The molecule has 0 spiro atoms. The van der Waals surface area contributed by atoms with E-state index in [0.717, 1.165) is 16.9 Å². The predicted molar refractivity (Wildman–Crippen MR) is 66.3 cm³/mol. The minimum atomic E-state index is 0.262. The summed E-state index contributed by atoms with van der Waals surface area (Å²) in [7, 11) is 0. The van der Waals surface area contributed by atoms with Crippen LogP contribution in [0.5, 0.6) is 5.75 Å². The molecule has 2 aromatic carbocycles. The number of benzene rings is 2. The van der Waals surface area contributed by atoms with Gasteiger partial charge in [-0.25, -0.2) is 0 Å². The second-order valence-corrected chi connectivity index (χ2v) is 3.65. The highest BCUT2D eigenvalue weighted by atomic mass is 16.3. The van der Waals surface area contributed by atoms with E-state index in [1.54, 1.807) is 18.2 Å². The first-order chi connectivity index (χ1) is 7.74. The SMILES string of the molecule is Nc1cccc(CNc2cccc(O)c2)c1. The average molecular weight is 214 g/mol. The molecule has 2 rings (SSSR count). The zero-order valence-electron chi connectivity index (χ0n) is 8.85. The molecule has 0 fully saturated rings. The molecule has 0 atom stereocenters. The average Bonchev–Trinajstić information content (AvgIpc) is 2.27. The molecule has 3 heteroatoms. The third-order valence-electron chi connectivity index (χ3n) is 2.29. The molecule has 0 amide bonds. The van der Waals surface area contributed by atoms with Gasteiger partial charge in [0.2, 0.25) is 0 Å². The highest BCUT2D eigenvalue weighted by molar-refractivity contribution is 5.49. The summed E-state index contributed by atoms with van der Waals surface area (Å²) in [6, 6.07) is 14.8. The van der Waals surface area contributed by atoms with Crippen LogP contribution in [0.1, 0.15) is 5.56 Å². The molecule has 0 bridgehead atoms. The smallest absolute Gasteiger partial charge is 0.117 e. The second kappa shape index (κ2) is 4.57. The molecule has 4 N–H and O–H groups in total. The Morgan fingerprint density at radius 1 is 1.06 bits per heavy atom. The molecule has 82 valence electrons. The first kappa shape index (κ1) is 10.4. The largest absolute Gasteiger partial charge is 0.508 e. The van der Waals surface area contributed by atoms with Gasteiger partial charge in [0.15, 0.2) is 0 Å². The van der Waals surface area contributed by atoms with Gasteiger partial charge in [-0.15, -0.1) is 0 Å². The van der Waals surface area contributed by atoms with E-state index in [9.17, 15) is 5.11 Å². The highest BCUT2D eigenvalue weighted by Crippen LogP contribution is 2.16. The maximum Gasteiger partial charge on any atom is 0.117 e. The van der Waals surface area contributed by atoms with Gasteiger partial charge in [0.05, 0.1) is 0 Å². The minimum Gasteiger partial charge on any atom is -0.508 e. The second-order valence-electron chi connectivity index (χ2n) is 3.65. The lowest BCUT2D eigenvalue weighted by Gasteiger charge is -2.07. The van der Waals surface area contributed by atoms with Crippen molar-refractivity contribution in [1.82, 2.24) is 0 Å². The number of nitrogens with two attached hydrogens (primary N) is 1. The van der Waals surface area contributed by atoms with Crippen LogP contribution in [-0.4, -0.2) is 5.11 Å². The van der Waals surface area contributed by atoms with E-state index in [2.05, 4.69) is 5.32 Å². The van der Waals surface area contributed by atoms with Crippen molar-refractivity contribution in [3.63, 3.8) is 0 Å². The highest BCUT2D eigenvalue weighted by Gasteiger charge is 1.95. The monoisotopic (exact) mass is 214 g/mol. The lowest BCUT2D eigenvalue weighted by molar-refractivity contribution is 0.475. The predicted octanol–water partition coefficient (Wildman–Crippen LogP) is 2.59. The molecule has 0 aromatic heterocycles. The molecule has 0 unspecified atom stereocenters. The van der Waals surface area contributed by atoms with Crippen LogP contribution in [-0.2, 0) is 6.54 Å². The number of hydrogen-bond acceptors (Lipinski definition) is 3. The van der Waals surface area contributed by atoms with Crippen molar-refractivity contribution >= 4 is 11.4 Å². The fraction of sp³-hybridized carbons (Fsp3) is 0.0769. The number of rotatable bonds is 3. The molecule has 0 heterocycles. The summed E-state index contributed by atoms with van der Waals surface area (Å²) >= 11 is 0. The van der Waals surface area contributed by atoms with Gasteiger partial charge in [-0.1, -0.05) is 18.2 Å². The van der Waals surface area contributed by atoms with Crippen molar-refractivity contribution in [2.75, 3.05) is 11.1 Å². The molecular weight excluding hydrogens is 200 g/mol. The van der Waals surface area contributed by atoms with Gasteiger partial charge in [-0.2, -0.15) is 0 Å². The Morgan fingerprint density at radius 2 is 1.88 bits per heavy atom. The lowest BCUT2D eigenvalue weighted by atomic mass is 10.2. The van der Waals surface area contributed by atoms with E-state index < -0.39 is 0 Å². The Morgan fingerprint density at radius 3 is 2.62 bits per heavy atom. The van der Waals surface area contributed by atoms with Crippen LogP contribution in [0.2, 0.25) is 0 Å². The zero-order chi connectivity index (χ0) is 11.4. The first-order valence-corrected chi connectivity index (χ1v) is 5.11. The van der Waals surface area contributed by atoms with Crippen LogP contribution in [0.4, 0.5) is 11.4 Å². The van der Waals surface area contributed by atoms with Crippen molar-refractivity contribution in [3.05, 3.63) is 54.1 Å². The molecule has 3 nitrogen and oxygen atoms in total. The van der Waals surface area contributed by atoms with Crippen LogP contribution in [0, 0.1) is 0 Å². The topological polar surface area (TPSA) is 58.3 Å². The number of phenolic OH excluding ortho intramolecular Hbond substituents is 1. The molecular formula is C13H14N2O. The summed E-state index contributed by atoms with van der Waals surface area (Å²) in [5, 5.41) is 12.5. The van der Waals surface area contributed by atoms with Crippen LogP contribution in [0.25, 0.3) is 0 Å². The third-order valence-corrected chi connectivity index (χ3v) is 2.29. The maximum absolute atomic E-state index is 9.29. The molecule has 2 aromatic rings. The summed E-state index contributed by atoms with van der Waals surface area (Å²) in [4.78, 5) is 0. The van der Waals surface area contributed by atoms with Gasteiger partial charge < -0.3 is 16.2 Å². The molecule has 0 saturated heterocycles. The van der Waals surface area contributed by atoms with E-state index in [1.807, 2.05) is 30.3 Å². The van der Waals surface area contributed by atoms with Crippen molar-refractivity contribution in [1.29, 1.82) is 0 Å². The molecule has 16 heavy (non-hydrogen) atoms. The van der Waals surface area contributed by atoms with Gasteiger partial charge in [0.1, 0.15) is 5.75 Å². The van der Waals surface area contributed by atoms with Gasteiger partial charge in [0, 0.05) is 24.0 Å². The number of nitrogen functional groups attached to an aromatic ring is 1. The normalized spacial score (nSPS) is 10.0. The maximum atomic E-state index is 9.29. The Hall–Kier alpha value is -2.16. The summed E-state index contributed by atoms with van der Waals surface area (Å²) in [6.07, 6.45) is 0. The third kappa shape index (κ3) is 2.67. The van der Waals surface area contributed by atoms with Gasteiger partial charge in [-0.3, -0.25) is 0 Å². The van der Waals surface area contributed by atoms with Crippen LogP contribution in [0.3, 0.4) is 0 Å². The van der Waals surface area contributed by atoms with Crippen molar-refractivity contribution < 1.29 is 5.11 Å². The molecule has 0 aliphatic heterocycles. The van der Waals surface area contributed by atoms with Crippen LogP contribution < -0.4 is 11.1 Å². The van der Waals surface area contributed by atoms with E-state index in [0.29, 0.717) is 6.54 Å². The van der Waals surface area contributed by atoms with E-state index in [4.69, 9.17) is 5.73 Å². The van der Waals surface area contributed by atoms with Crippen molar-refractivity contribution in [2.24, 2.45) is 0 Å². The number of aromatic hydroxyl groups is 1. The number of hydrogen-bond donors (Lipinski definition) is 3. The van der Waals surface area contributed by atoms with Gasteiger partial charge >= 0.3 is 0 Å². The van der Waals surface area contributed by atoms with Crippen molar-refractivity contribution in [2.45, 2.75) is 6.54 Å². The molecule has 0 radical (unpaired) electrons. The van der Waals surface area contributed by atoms with E-state index >= 15 is 0 Å². The molecule has 0 aliphatic carbocycles.